The molecule has 0 aliphatic carbocycles. The summed E-state index contributed by atoms with van der Waals surface area (Å²) in [4.78, 5) is 6.66. The standard InChI is InChI=1S/C13H23N3O2/c1-3-11-14-12(18-15-11)9-16-7-5-13(4-2,10-17)6-8-16/h17H,3-10H2,1-2H3. The van der Waals surface area contributed by atoms with E-state index in [2.05, 4.69) is 22.0 Å². The number of aliphatic hydroxyl groups excluding tert-OH is 1. The van der Waals surface area contributed by atoms with Gasteiger partial charge in [-0.25, -0.2) is 0 Å². The van der Waals surface area contributed by atoms with Gasteiger partial charge >= 0.3 is 0 Å². The molecule has 0 amide bonds. The van der Waals surface area contributed by atoms with Crippen LogP contribution in [0.15, 0.2) is 4.52 Å². The number of aliphatic hydroxyl groups is 1. The molecule has 0 unspecified atom stereocenters. The second kappa shape index (κ2) is 5.80. The van der Waals surface area contributed by atoms with Gasteiger partial charge in [-0.3, -0.25) is 4.90 Å². The lowest BCUT2D eigenvalue weighted by atomic mass is 9.77. The van der Waals surface area contributed by atoms with Crippen molar-refractivity contribution in [1.82, 2.24) is 15.0 Å². The maximum absolute atomic E-state index is 9.49. The highest BCUT2D eigenvalue weighted by atomic mass is 16.5. The number of likely N-dealkylation sites (tertiary alicyclic amines) is 1. The molecule has 1 N–H and O–H groups in total. The lowest BCUT2D eigenvalue weighted by molar-refractivity contribution is 0.0348. The van der Waals surface area contributed by atoms with Gasteiger partial charge in [-0.1, -0.05) is 19.0 Å². The van der Waals surface area contributed by atoms with Crippen LogP contribution in [0.1, 0.15) is 44.8 Å². The minimum absolute atomic E-state index is 0.139. The molecule has 1 fully saturated rings. The van der Waals surface area contributed by atoms with Gasteiger partial charge in [0, 0.05) is 13.0 Å². The Balaban J connectivity index is 1.86. The quantitative estimate of drug-likeness (QED) is 0.864. The Bertz CT molecular complexity index is 364. The third kappa shape index (κ3) is 2.90. The molecular formula is C13H23N3O2. The SMILES string of the molecule is CCc1noc(CN2CCC(CC)(CO)CC2)n1. The van der Waals surface area contributed by atoms with Crippen LogP contribution in [0.4, 0.5) is 0 Å². The fourth-order valence-electron chi connectivity index (χ4n) is 2.50. The van der Waals surface area contributed by atoms with Crippen LogP contribution in [0, 0.1) is 5.41 Å². The first-order valence-corrected chi connectivity index (χ1v) is 6.86. The van der Waals surface area contributed by atoms with Gasteiger partial charge in [0.05, 0.1) is 6.54 Å². The number of hydrogen-bond acceptors (Lipinski definition) is 5. The summed E-state index contributed by atoms with van der Waals surface area (Å²) in [7, 11) is 0. The van der Waals surface area contributed by atoms with Crippen molar-refractivity contribution < 1.29 is 9.63 Å². The molecule has 5 heteroatoms. The first-order chi connectivity index (χ1) is 8.71. The van der Waals surface area contributed by atoms with E-state index in [9.17, 15) is 5.11 Å². The molecule has 1 aliphatic rings. The molecule has 0 spiro atoms. The average molecular weight is 253 g/mol. The van der Waals surface area contributed by atoms with Crippen molar-refractivity contribution in [2.45, 2.75) is 46.1 Å². The Morgan fingerprint density at radius 2 is 2.06 bits per heavy atom. The largest absolute Gasteiger partial charge is 0.396 e. The zero-order valence-corrected chi connectivity index (χ0v) is 11.4. The zero-order valence-electron chi connectivity index (χ0n) is 11.4. The van der Waals surface area contributed by atoms with Gasteiger partial charge < -0.3 is 9.63 Å². The monoisotopic (exact) mass is 253 g/mol. The van der Waals surface area contributed by atoms with Crippen LogP contribution in [0.2, 0.25) is 0 Å². The molecule has 102 valence electrons. The maximum Gasteiger partial charge on any atom is 0.240 e. The third-order valence-corrected chi connectivity index (χ3v) is 4.19. The number of hydrogen-bond donors (Lipinski definition) is 1. The lowest BCUT2D eigenvalue weighted by Crippen LogP contribution is -2.41. The van der Waals surface area contributed by atoms with Crippen molar-refractivity contribution in [3.05, 3.63) is 11.7 Å². The van der Waals surface area contributed by atoms with Gasteiger partial charge in [0.15, 0.2) is 5.82 Å². The summed E-state index contributed by atoms with van der Waals surface area (Å²) in [6.45, 7) is 7.22. The Morgan fingerprint density at radius 1 is 1.33 bits per heavy atom. The summed E-state index contributed by atoms with van der Waals surface area (Å²) in [6.07, 6.45) is 3.97. The van der Waals surface area contributed by atoms with Gasteiger partial charge in [0.25, 0.3) is 0 Å². The minimum Gasteiger partial charge on any atom is -0.396 e. The highest BCUT2D eigenvalue weighted by Crippen LogP contribution is 2.34. The van der Waals surface area contributed by atoms with Crippen LogP contribution in [0.5, 0.6) is 0 Å². The van der Waals surface area contributed by atoms with Crippen LogP contribution in [0.3, 0.4) is 0 Å². The van der Waals surface area contributed by atoms with Crippen molar-refractivity contribution in [3.63, 3.8) is 0 Å². The Labute approximate surface area is 108 Å². The van der Waals surface area contributed by atoms with Gasteiger partial charge in [0.2, 0.25) is 5.89 Å². The molecule has 1 aromatic rings. The van der Waals surface area contributed by atoms with Crippen molar-refractivity contribution in [2.24, 2.45) is 5.41 Å². The first-order valence-electron chi connectivity index (χ1n) is 6.86. The lowest BCUT2D eigenvalue weighted by Gasteiger charge is -2.39. The van der Waals surface area contributed by atoms with Crippen LogP contribution >= 0.6 is 0 Å². The van der Waals surface area contributed by atoms with Crippen LogP contribution < -0.4 is 0 Å². The summed E-state index contributed by atoms with van der Waals surface area (Å²) in [5, 5.41) is 13.4. The topological polar surface area (TPSA) is 62.4 Å². The van der Waals surface area contributed by atoms with Crippen molar-refractivity contribution in [3.8, 4) is 0 Å². The van der Waals surface area contributed by atoms with E-state index in [0.717, 1.165) is 51.1 Å². The van der Waals surface area contributed by atoms with Crippen molar-refractivity contribution in [2.75, 3.05) is 19.7 Å². The molecule has 2 heterocycles. The molecule has 1 aromatic heterocycles. The predicted molar refractivity (Wildman–Crippen MR) is 68.0 cm³/mol. The Morgan fingerprint density at radius 3 is 2.56 bits per heavy atom. The molecule has 5 nitrogen and oxygen atoms in total. The Hall–Kier alpha value is -0.940. The van der Waals surface area contributed by atoms with E-state index in [1.54, 1.807) is 0 Å². The molecule has 18 heavy (non-hydrogen) atoms. The summed E-state index contributed by atoms with van der Waals surface area (Å²) in [5.74, 6) is 1.49. The van der Waals surface area contributed by atoms with Gasteiger partial charge in [-0.2, -0.15) is 4.98 Å². The predicted octanol–water partition coefficient (Wildman–Crippen LogP) is 1.62. The molecule has 1 aliphatic heterocycles. The highest BCUT2D eigenvalue weighted by molar-refractivity contribution is 4.89. The van der Waals surface area contributed by atoms with Gasteiger partial charge in [-0.05, 0) is 37.8 Å². The molecule has 0 aromatic carbocycles. The summed E-state index contributed by atoms with van der Waals surface area (Å²) in [6, 6.07) is 0. The summed E-state index contributed by atoms with van der Waals surface area (Å²) < 4.78 is 5.21. The van der Waals surface area contributed by atoms with Crippen molar-refractivity contribution in [1.29, 1.82) is 0 Å². The molecule has 2 rings (SSSR count). The van der Waals surface area contributed by atoms with E-state index < -0.39 is 0 Å². The smallest absolute Gasteiger partial charge is 0.240 e. The fraction of sp³-hybridized carbons (Fsp3) is 0.846. The molecular weight excluding hydrogens is 230 g/mol. The van der Waals surface area contributed by atoms with E-state index in [0.29, 0.717) is 12.5 Å². The number of aryl methyl sites for hydroxylation is 1. The van der Waals surface area contributed by atoms with E-state index in [-0.39, 0.29) is 5.41 Å². The van der Waals surface area contributed by atoms with Gasteiger partial charge in [0.1, 0.15) is 0 Å². The Kier molecular flexibility index (Phi) is 4.35. The highest BCUT2D eigenvalue weighted by Gasteiger charge is 2.32. The van der Waals surface area contributed by atoms with E-state index in [4.69, 9.17) is 4.52 Å². The zero-order chi connectivity index (χ0) is 13.0. The number of piperidine rings is 1. The molecule has 0 saturated carbocycles. The van der Waals surface area contributed by atoms with E-state index >= 15 is 0 Å². The molecule has 0 atom stereocenters. The van der Waals surface area contributed by atoms with Gasteiger partial charge in [-0.15, -0.1) is 0 Å². The average Bonchev–Trinajstić information content (AvgIpc) is 2.88. The first kappa shape index (κ1) is 13.5. The maximum atomic E-state index is 9.49. The number of aromatic nitrogens is 2. The van der Waals surface area contributed by atoms with E-state index in [1.807, 2.05) is 6.92 Å². The van der Waals surface area contributed by atoms with Crippen LogP contribution in [-0.2, 0) is 13.0 Å². The second-order valence-electron chi connectivity index (χ2n) is 5.25. The fourth-order valence-corrected chi connectivity index (χ4v) is 2.50. The van der Waals surface area contributed by atoms with Crippen molar-refractivity contribution >= 4 is 0 Å². The molecule has 1 saturated heterocycles. The number of rotatable bonds is 5. The molecule has 0 bridgehead atoms. The minimum atomic E-state index is 0.139. The van der Waals surface area contributed by atoms with Crippen LogP contribution in [0.25, 0.3) is 0 Å². The second-order valence-corrected chi connectivity index (χ2v) is 5.25. The third-order valence-electron chi connectivity index (χ3n) is 4.19. The van der Waals surface area contributed by atoms with Crippen LogP contribution in [-0.4, -0.2) is 39.8 Å². The van der Waals surface area contributed by atoms with E-state index in [1.165, 1.54) is 0 Å². The number of nitrogens with zero attached hydrogens (tertiary/aromatic N) is 3. The summed E-state index contributed by atoms with van der Waals surface area (Å²) in [5.41, 5.74) is 0.139. The normalized spacial score (nSPS) is 20.2. The summed E-state index contributed by atoms with van der Waals surface area (Å²) >= 11 is 0. The molecule has 0 radical (unpaired) electrons.